The van der Waals surface area contributed by atoms with Gasteiger partial charge in [-0.1, -0.05) is 30.0 Å². The van der Waals surface area contributed by atoms with Crippen LogP contribution in [0.5, 0.6) is 0 Å². The molecule has 2 aromatic heterocycles. The third-order valence-electron chi connectivity index (χ3n) is 3.60. The molecule has 0 N–H and O–H groups in total. The quantitative estimate of drug-likeness (QED) is 0.487. The number of aryl methyl sites for hydroxylation is 2. The fourth-order valence-electron chi connectivity index (χ4n) is 2.44. The molecule has 2 heterocycles. The van der Waals surface area contributed by atoms with Crippen molar-refractivity contribution >= 4 is 29.3 Å². The SMILES string of the molecule is CC(=O)COC(=O)c1ccccc1CSc1nc2nc(C)cc(C)n2n1. The van der Waals surface area contributed by atoms with Crippen LogP contribution in [0.4, 0.5) is 0 Å². The van der Waals surface area contributed by atoms with E-state index in [9.17, 15) is 9.59 Å². The second kappa shape index (κ2) is 7.65. The average Bonchev–Trinajstić information content (AvgIpc) is 3.01. The lowest BCUT2D eigenvalue weighted by molar-refractivity contribution is -0.120. The summed E-state index contributed by atoms with van der Waals surface area (Å²) >= 11 is 1.41. The van der Waals surface area contributed by atoms with E-state index in [2.05, 4.69) is 15.1 Å². The number of ketones is 1. The summed E-state index contributed by atoms with van der Waals surface area (Å²) in [4.78, 5) is 32.0. The number of ether oxygens (including phenoxy) is 1. The van der Waals surface area contributed by atoms with Gasteiger partial charge in [0.15, 0.2) is 5.78 Å². The van der Waals surface area contributed by atoms with Crippen molar-refractivity contribution in [3.63, 3.8) is 0 Å². The number of esters is 1. The Hall–Kier alpha value is -2.74. The Morgan fingerprint density at radius 3 is 2.73 bits per heavy atom. The summed E-state index contributed by atoms with van der Waals surface area (Å²) in [6.07, 6.45) is 0. The summed E-state index contributed by atoms with van der Waals surface area (Å²) in [6, 6.07) is 9.09. The minimum Gasteiger partial charge on any atom is -0.454 e. The molecule has 0 fully saturated rings. The maximum Gasteiger partial charge on any atom is 0.338 e. The van der Waals surface area contributed by atoms with Gasteiger partial charge in [0, 0.05) is 17.1 Å². The van der Waals surface area contributed by atoms with Crippen molar-refractivity contribution in [2.24, 2.45) is 0 Å². The molecule has 0 aliphatic carbocycles. The van der Waals surface area contributed by atoms with Crippen LogP contribution in [-0.4, -0.2) is 37.9 Å². The van der Waals surface area contributed by atoms with E-state index in [1.807, 2.05) is 32.0 Å². The van der Waals surface area contributed by atoms with Gasteiger partial charge in [-0.2, -0.15) is 4.98 Å². The summed E-state index contributed by atoms with van der Waals surface area (Å²) in [6.45, 7) is 5.02. The van der Waals surface area contributed by atoms with Crippen LogP contribution in [0.2, 0.25) is 0 Å². The van der Waals surface area contributed by atoms with Crippen LogP contribution >= 0.6 is 11.8 Å². The molecule has 1 aromatic carbocycles. The van der Waals surface area contributed by atoms with Gasteiger partial charge in [0.1, 0.15) is 6.61 Å². The normalized spacial score (nSPS) is 10.9. The summed E-state index contributed by atoms with van der Waals surface area (Å²) in [7, 11) is 0. The van der Waals surface area contributed by atoms with E-state index in [0.29, 0.717) is 22.3 Å². The van der Waals surface area contributed by atoms with Crippen molar-refractivity contribution in [2.45, 2.75) is 31.7 Å². The van der Waals surface area contributed by atoms with E-state index >= 15 is 0 Å². The Balaban J connectivity index is 1.77. The zero-order valence-electron chi connectivity index (χ0n) is 14.7. The van der Waals surface area contributed by atoms with Gasteiger partial charge in [-0.15, -0.1) is 5.10 Å². The molecule has 0 saturated heterocycles. The van der Waals surface area contributed by atoms with Gasteiger partial charge >= 0.3 is 5.97 Å². The molecule has 8 heteroatoms. The molecule has 134 valence electrons. The third kappa shape index (κ3) is 4.08. The standard InChI is InChI=1S/C18H18N4O3S/c1-11-8-12(2)22-17(19-11)20-18(21-22)26-10-14-6-4-5-7-15(14)16(24)25-9-13(3)23/h4-8H,9-10H2,1-3H3. The number of aromatic nitrogens is 4. The fraction of sp³-hybridized carbons (Fsp3) is 0.278. The Labute approximate surface area is 154 Å². The molecule has 0 atom stereocenters. The van der Waals surface area contributed by atoms with E-state index in [1.165, 1.54) is 18.7 Å². The van der Waals surface area contributed by atoms with Crippen molar-refractivity contribution in [1.29, 1.82) is 0 Å². The van der Waals surface area contributed by atoms with Crippen molar-refractivity contribution in [3.05, 3.63) is 52.8 Å². The number of nitrogens with zero attached hydrogens (tertiary/aromatic N) is 4. The number of benzene rings is 1. The number of thioether (sulfide) groups is 1. The molecule has 7 nitrogen and oxygen atoms in total. The van der Waals surface area contributed by atoms with Gasteiger partial charge in [-0.25, -0.2) is 14.3 Å². The van der Waals surface area contributed by atoms with Gasteiger partial charge < -0.3 is 4.74 Å². The van der Waals surface area contributed by atoms with E-state index < -0.39 is 5.97 Å². The largest absolute Gasteiger partial charge is 0.454 e. The minimum atomic E-state index is -0.507. The first-order valence-electron chi connectivity index (χ1n) is 8.02. The second-order valence-electron chi connectivity index (χ2n) is 5.87. The molecule has 26 heavy (non-hydrogen) atoms. The first-order valence-corrected chi connectivity index (χ1v) is 9.01. The van der Waals surface area contributed by atoms with Gasteiger partial charge in [-0.3, -0.25) is 4.79 Å². The Kier molecular flexibility index (Phi) is 5.32. The average molecular weight is 370 g/mol. The molecule has 0 unspecified atom stereocenters. The van der Waals surface area contributed by atoms with E-state index in [0.717, 1.165) is 17.0 Å². The predicted octanol–water partition coefficient (Wildman–Crippen LogP) is 2.78. The highest BCUT2D eigenvalue weighted by atomic mass is 32.2. The van der Waals surface area contributed by atoms with Crippen molar-refractivity contribution in [3.8, 4) is 0 Å². The number of carbonyl (C=O) groups excluding carboxylic acids is 2. The lowest BCUT2D eigenvalue weighted by Crippen LogP contribution is -2.13. The van der Waals surface area contributed by atoms with Gasteiger partial charge in [-0.05, 0) is 38.5 Å². The van der Waals surface area contributed by atoms with Crippen LogP contribution in [0.25, 0.3) is 5.78 Å². The molecule has 0 spiro atoms. The number of Topliss-reactive ketones (excluding diaryl/α,β-unsaturated/α-hetero) is 1. The third-order valence-corrected chi connectivity index (χ3v) is 4.49. The Morgan fingerprint density at radius 1 is 1.19 bits per heavy atom. The fourth-order valence-corrected chi connectivity index (χ4v) is 3.26. The van der Waals surface area contributed by atoms with Crippen LogP contribution < -0.4 is 0 Å². The van der Waals surface area contributed by atoms with Crippen molar-refractivity contribution < 1.29 is 14.3 Å². The molecule has 0 aliphatic heterocycles. The topological polar surface area (TPSA) is 86.5 Å². The van der Waals surface area contributed by atoms with Crippen LogP contribution in [-0.2, 0) is 15.3 Å². The highest BCUT2D eigenvalue weighted by Gasteiger charge is 2.15. The van der Waals surface area contributed by atoms with Gasteiger partial charge in [0.25, 0.3) is 5.78 Å². The van der Waals surface area contributed by atoms with Crippen molar-refractivity contribution in [1.82, 2.24) is 19.6 Å². The van der Waals surface area contributed by atoms with Gasteiger partial charge in [0.05, 0.1) is 5.56 Å². The smallest absolute Gasteiger partial charge is 0.338 e. The molecule has 3 rings (SSSR count). The summed E-state index contributed by atoms with van der Waals surface area (Å²) in [5.74, 6) is 0.351. The zero-order chi connectivity index (χ0) is 18.7. The minimum absolute atomic E-state index is 0.197. The molecule has 0 saturated carbocycles. The highest BCUT2D eigenvalue weighted by molar-refractivity contribution is 7.98. The van der Waals surface area contributed by atoms with Crippen LogP contribution in [0, 0.1) is 13.8 Å². The van der Waals surface area contributed by atoms with Gasteiger partial charge in [0.2, 0.25) is 5.16 Å². The molecular weight excluding hydrogens is 352 g/mol. The zero-order valence-corrected chi connectivity index (χ0v) is 15.5. The first kappa shape index (κ1) is 18.1. The predicted molar refractivity (Wildman–Crippen MR) is 97.2 cm³/mol. The lowest BCUT2D eigenvalue weighted by atomic mass is 10.1. The Morgan fingerprint density at radius 2 is 1.96 bits per heavy atom. The maximum absolute atomic E-state index is 12.2. The number of hydrogen-bond acceptors (Lipinski definition) is 7. The number of hydrogen-bond donors (Lipinski definition) is 0. The summed E-state index contributed by atoms with van der Waals surface area (Å²) in [5.41, 5.74) is 3.08. The number of rotatable bonds is 6. The van der Waals surface area contributed by atoms with Crippen LogP contribution in [0.15, 0.2) is 35.5 Å². The lowest BCUT2D eigenvalue weighted by Gasteiger charge is -2.07. The maximum atomic E-state index is 12.2. The van der Waals surface area contributed by atoms with Crippen molar-refractivity contribution in [2.75, 3.05) is 6.61 Å². The molecular formula is C18H18N4O3S. The molecule has 3 aromatic rings. The van der Waals surface area contributed by atoms with Crippen LogP contribution in [0.1, 0.15) is 34.2 Å². The Bertz CT molecular complexity index is 984. The van der Waals surface area contributed by atoms with E-state index in [-0.39, 0.29) is 12.4 Å². The van der Waals surface area contributed by atoms with Crippen LogP contribution in [0.3, 0.4) is 0 Å². The first-order chi connectivity index (χ1) is 12.4. The summed E-state index contributed by atoms with van der Waals surface area (Å²) in [5, 5.41) is 5.03. The number of fused-ring (bicyclic) bond motifs is 1. The monoisotopic (exact) mass is 370 g/mol. The molecule has 0 bridgehead atoms. The highest BCUT2D eigenvalue weighted by Crippen LogP contribution is 2.23. The number of carbonyl (C=O) groups is 2. The van der Waals surface area contributed by atoms with E-state index in [4.69, 9.17) is 4.74 Å². The molecule has 0 aliphatic rings. The molecule has 0 radical (unpaired) electrons. The van der Waals surface area contributed by atoms with E-state index in [1.54, 1.807) is 16.6 Å². The molecule has 0 amide bonds. The second-order valence-corrected chi connectivity index (χ2v) is 6.81. The summed E-state index contributed by atoms with van der Waals surface area (Å²) < 4.78 is 6.71.